The van der Waals surface area contributed by atoms with Crippen molar-refractivity contribution in [2.45, 2.75) is 25.5 Å². The van der Waals surface area contributed by atoms with Crippen LogP contribution in [0.5, 0.6) is 5.75 Å². The smallest absolute Gasteiger partial charge is 0.275 e. The molecule has 8 heteroatoms. The zero-order valence-electron chi connectivity index (χ0n) is 14.2. The highest BCUT2D eigenvalue weighted by molar-refractivity contribution is 5.92. The van der Waals surface area contributed by atoms with Crippen LogP contribution < -0.4 is 4.74 Å². The molecule has 0 aliphatic carbocycles. The first-order chi connectivity index (χ1) is 12.6. The van der Waals surface area contributed by atoms with Gasteiger partial charge >= 0.3 is 0 Å². The standard InChI is InChI=1S/C18H19F2N3O3/c19-13-4-1-5-15(17(13)20)25-11-16-21-14(10-26-16)18(24)23-8-7-22-6-2-3-12(22)9-23/h1,4-5,10,12H,2-3,6-9,11H2/t12-/m1/s1. The van der Waals surface area contributed by atoms with Crippen molar-refractivity contribution in [1.82, 2.24) is 14.8 Å². The SMILES string of the molecule is O=C(c1coc(COc2cccc(F)c2F)n1)N1CCN2CCC[C@@H]2C1. The van der Waals surface area contributed by atoms with Gasteiger partial charge in [-0.05, 0) is 31.5 Å². The van der Waals surface area contributed by atoms with E-state index in [4.69, 9.17) is 9.15 Å². The summed E-state index contributed by atoms with van der Waals surface area (Å²) in [5.74, 6) is -2.32. The number of nitrogens with zero attached hydrogens (tertiary/aromatic N) is 3. The maximum Gasteiger partial charge on any atom is 0.275 e. The molecule has 26 heavy (non-hydrogen) atoms. The third-order valence-electron chi connectivity index (χ3n) is 4.91. The zero-order chi connectivity index (χ0) is 18.1. The van der Waals surface area contributed by atoms with Crippen LogP contribution in [0.2, 0.25) is 0 Å². The van der Waals surface area contributed by atoms with Crippen molar-refractivity contribution < 1.29 is 22.7 Å². The van der Waals surface area contributed by atoms with E-state index in [9.17, 15) is 13.6 Å². The topological polar surface area (TPSA) is 58.8 Å². The van der Waals surface area contributed by atoms with Crippen LogP contribution in [0.1, 0.15) is 29.2 Å². The number of aromatic nitrogens is 1. The second kappa shape index (κ2) is 7.03. The first-order valence-corrected chi connectivity index (χ1v) is 8.66. The van der Waals surface area contributed by atoms with E-state index in [0.29, 0.717) is 19.1 Å². The summed E-state index contributed by atoms with van der Waals surface area (Å²) < 4.78 is 37.2. The van der Waals surface area contributed by atoms with Gasteiger partial charge in [-0.15, -0.1) is 0 Å². The minimum Gasteiger partial charge on any atom is -0.481 e. The van der Waals surface area contributed by atoms with E-state index in [-0.39, 0.29) is 29.8 Å². The summed E-state index contributed by atoms with van der Waals surface area (Å²) in [6.45, 7) is 3.16. The molecule has 0 spiro atoms. The number of amides is 1. The van der Waals surface area contributed by atoms with Gasteiger partial charge in [0.15, 0.2) is 23.9 Å². The van der Waals surface area contributed by atoms with Crippen molar-refractivity contribution >= 4 is 5.91 Å². The molecule has 2 aliphatic rings. The van der Waals surface area contributed by atoms with Crippen LogP contribution in [0, 0.1) is 11.6 Å². The second-order valence-corrected chi connectivity index (χ2v) is 6.55. The molecule has 2 fully saturated rings. The molecule has 1 atom stereocenters. The largest absolute Gasteiger partial charge is 0.481 e. The van der Waals surface area contributed by atoms with Crippen LogP contribution in [-0.2, 0) is 6.61 Å². The summed E-state index contributed by atoms with van der Waals surface area (Å²) in [6.07, 6.45) is 3.57. The molecule has 0 bridgehead atoms. The summed E-state index contributed by atoms with van der Waals surface area (Å²) in [4.78, 5) is 20.9. The van der Waals surface area contributed by atoms with Crippen molar-refractivity contribution in [1.29, 1.82) is 0 Å². The quantitative estimate of drug-likeness (QED) is 0.835. The van der Waals surface area contributed by atoms with Crippen molar-refractivity contribution in [3.8, 4) is 5.75 Å². The predicted molar refractivity (Wildman–Crippen MR) is 87.7 cm³/mol. The lowest BCUT2D eigenvalue weighted by atomic mass is 10.1. The monoisotopic (exact) mass is 363 g/mol. The van der Waals surface area contributed by atoms with Crippen molar-refractivity contribution in [3.05, 3.63) is 47.7 Å². The third kappa shape index (κ3) is 3.29. The number of halogens is 2. The van der Waals surface area contributed by atoms with Gasteiger partial charge in [0.05, 0.1) is 0 Å². The molecule has 2 saturated heterocycles. The van der Waals surface area contributed by atoms with Crippen LogP contribution >= 0.6 is 0 Å². The molecular weight excluding hydrogens is 344 g/mol. The van der Waals surface area contributed by atoms with Crippen LogP contribution in [0.25, 0.3) is 0 Å². The van der Waals surface area contributed by atoms with Crippen LogP contribution in [0.4, 0.5) is 8.78 Å². The summed E-state index contributed by atoms with van der Waals surface area (Å²) in [7, 11) is 0. The van der Waals surface area contributed by atoms with Gasteiger partial charge in [-0.1, -0.05) is 6.07 Å². The van der Waals surface area contributed by atoms with E-state index < -0.39 is 11.6 Å². The molecule has 1 amide bonds. The molecule has 0 N–H and O–H groups in total. The van der Waals surface area contributed by atoms with E-state index in [0.717, 1.165) is 25.6 Å². The molecule has 1 aromatic carbocycles. The number of rotatable bonds is 4. The average Bonchev–Trinajstić information content (AvgIpc) is 3.30. The Labute approximate surface area is 149 Å². The van der Waals surface area contributed by atoms with Crippen LogP contribution in [0.15, 0.2) is 28.9 Å². The van der Waals surface area contributed by atoms with Gasteiger partial charge in [-0.3, -0.25) is 9.69 Å². The minimum atomic E-state index is -1.07. The number of ether oxygens (including phenoxy) is 1. The molecule has 1 aromatic heterocycles. The number of carbonyl (C=O) groups is 1. The van der Waals surface area contributed by atoms with Crippen molar-refractivity contribution in [3.63, 3.8) is 0 Å². The van der Waals surface area contributed by atoms with Gasteiger partial charge in [0, 0.05) is 25.7 Å². The Kier molecular flexibility index (Phi) is 4.58. The maximum atomic E-state index is 13.6. The van der Waals surface area contributed by atoms with Gasteiger partial charge in [0.1, 0.15) is 6.26 Å². The summed E-state index contributed by atoms with van der Waals surface area (Å²) >= 11 is 0. The number of fused-ring (bicyclic) bond motifs is 1. The fourth-order valence-electron chi connectivity index (χ4n) is 3.55. The highest BCUT2D eigenvalue weighted by Crippen LogP contribution is 2.23. The highest BCUT2D eigenvalue weighted by atomic mass is 19.2. The fraction of sp³-hybridized carbons (Fsp3) is 0.444. The molecule has 2 aromatic rings. The first-order valence-electron chi connectivity index (χ1n) is 8.66. The summed E-state index contributed by atoms with van der Waals surface area (Å²) in [6, 6.07) is 4.10. The Bertz CT molecular complexity index is 811. The molecule has 4 rings (SSSR count). The van der Waals surface area contributed by atoms with Crippen molar-refractivity contribution in [2.24, 2.45) is 0 Å². The van der Waals surface area contributed by atoms with E-state index in [1.807, 2.05) is 0 Å². The van der Waals surface area contributed by atoms with Gasteiger partial charge < -0.3 is 14.1 Å². The van der Waals surface area contributed by atoms with Gasteiger partial charge in [0.25, 0.3) is 5.91 Å². The Hall–Kier alpha value is -2.48. The fourth-order valence-corrected chi connectivity index (χ4v) is 3.55. The van der Waals surface area contributed by atoms with E-state index >= 15 is 0 Å². The van der Waals surface area contributed by atoms with Crippen LogP contribution in [0.3, 0.4) is 0 Å². The number of hydrogen-bond acceptors (Lipinski definition) is 5. The molecule has 2 aliphatic heterocycles. The molecule has 0 saturated carbocycles. The Balaban J connectivity index is 1.38. The number of benzene rings is 1. The van der Waals surface area contributed by atoms with E-state index in [2.05, 4.69) is 9.88 Å². The Morgan fingerprint density at radius 1 is 1.31 bits per heavy atom. The second-order valence-electron chi connectivity index (χ2n) is 6.55. The highest BCUT2D eigenvalue weighted by Gasteiger charge is 2.33. The predicted octanol–water partition coefficient (Wildman–Crippen LogP) is 2.45. The maximum absolute atomic E-state index is 13.6. The summed E-state index contributed by atoms with van der Waals surface area (Å²) in [5.41, 5.74) is 0.203. The number of piperazine rings is 1. The average molecular weight is 363 g/mol. The van der Waals surface area contributed by atoms with Crippen LogP contribution in [-0.4, -0.2) is 52.9 Å². The lowest BCUT2D eigenvalue weighted by molar-refractivity contribution is 0.0565. The first kappa shape index (κ1) is 17.0. The van der Waals surface area contributed by atoms with Crippen molar-refractivity contribution in [2.75, 3.05) is 26.2 Å². The number of oxazole rings is 1. The molecule has 0 radical (unpaired) electrons. The molecule has 6 nitrogen and oxygen atoms in total. The lowest BCUT2D eigenvalue weighted by Gasteiger charge is -2.37. The minimum absolute atomic E-state index is 0.136. The lowest BCUT2D eigenvalue weighted by Crippen LogP contribution is -2.52. The zero-order valence-corrected chi connectivity index (χ0v) is 14.2. The Morgan fingerprint density at radius 2 is 2.19 bits per heavy atom. The van der Waals surface area contributed by atoms with Gasteiger partial charge in [0.2, 0.25) is 11.7 Å². The normalized spacial score (nSPS) is 20.2. The summed E-state index contributed by atoms with van der Waals surface area (Å²) in [5, 5.41) is 0. The van der Waals surface area contributed by atoms with E-state index in [1.165, 1.54) is 24.8 Å². The molecule has 0 unspecified atom stereocenters. The number of hydrogen-bond donors (Lipinski definition) is 0. The van der Waals surface area contributed by atoms with Gasteiger partial charge in [-0.25, -0.2) is 9.37 Å². The van der Waals surface area contributed by atoms with E-state index in [1.54, 1.807) is 4.90 Å². The van der Waals surface area contributed by atoms with Gasteiger partial charge in [-0.2, -0.15) is 4.39 Å². The molecule has 138 valence electrons. The molecular formula is C18H19F2N3O3. The number of carbonyl (C=O) groups excluding carboxylic acids is 1. The third-order valence-corrected chi connectivity index (χ3v) is 4.91. The Morgan fingerprint density at radius 3 is 3.08 bits per heavy atom. The molecule has 3 heterocycles.